The first-order valence-electron chi connectivity index (χ1n) is 7.42. The van der Waals surface area contributed by atoms with E-state index >= 15 is 0 Å². The Bertz CT molecular complexity index is 657. The Morgan fingerprint density at radius 2 is 1.95 bits per heavy atom. The molecule has 0 spiro atoms. The van der Waals surface area contributed by atoms with Crippen molar-refractivity contribution in [3.8, 4) is 0 Å². The molecule has 1 aromatic rings. The van der Waals surface area contributed by atoms with Crippen molar-refractivity contribution in [1.82, 2.24) is 4.31 Å². The van der Waals surface area contributed by atoms with E-state index in [9.17, 15) is 8.42 Å². The van der Waals surface area contributed by atoms with Gasteiger partial charge < -0.3 is 10.5 Å². The lowest BCUT2D eigenvalue weighted by Crippen LogP contribution is -2.51. The summed E-state index contributed by atoms with van der Waals surface area (Å²) in [6.07, 6.45) is 2.87. The van der Waals surface area contributed by atoms with E-state index in [1.54, 1.807) is 11.2 Å². The van der Waals surface area contributed by atoms with Gasteiger partial charge in [0.1, 0.15) is 4.90 Å². The predicted octanol–water partition coefficient (Wildman–Crippen LogP) is 1.83. The molecule has 2 unspecified atom stereocenters. The molecule has 0 bridgehead atoms. The van der Waals surface area contributed by atoms with Crippen molar-refractivity contribution in [3.05, 3.63) is 23.3 Å². The maximum Gasteiger partial charge on any atom is 0.245 e. The van der Waals surface area contributed by atoms with Gasteiger partial charge in [-0.2, -0.15) is 4.31 Å². The standard InChI is InChI=1S/C15H22N2O3S/c1-10-6-7-11(2)15(14(10)16)21(18,19)17-8-9-20-13-5-3-4-12(13)17/h6-7,12-13H,3-5,8-9,16H2,1-2H3. The minimum atomic E-state index is -3.57. The molecule has 0 radical (unpaired) electrons. The van der Waals surface area contributed by atoms with Gasteiger partial charge in [-0.15, -0.1) is 0 Å². The van der Waals surface area contributed by atoms with Crippen LogP contribution in [0.5, 0.6) is 0 Å². The van der Waals surface area contributed by atoms with Crippen LogP contribution >= 0.6 is 0 Å². The summed E-state index contributed by atoms with van der Waals surface area (Å²) in [6.45, 7) is 4.52. The van der Waals surface area contributed by atoms with Crippen LogP contribution in [0.25, 0.3) is 0 Å². The van der Waals surface area contributed by atoms with Crippen molar-refractivity contribution in [2.24, 2.45) is 0 Å². The number of hydrogen-bond acceptors (Lipinski definition) is 4. The maximum atomic E-state index is 13.1. The first-order chi connectivity index (χ1) is 9.93. The SMILES string of the molecule is Cc1ccc(C)c(S(=O)(=O)N2CCOC3CCCC32)c1N. The molecule has 1 saturated carbocycles. The molecular formula is C15H22N2O3S. The van der Waals surface area contributed by atoms with Crippen molar-refractivity contribution in [3.63, 3.8) is 0 Å². The molecule has 116 valence electrons. The monoisotopic (exact) mass is 310 g/mol. The molecule has 6 heteroatoms. The van der Waals surface area contributed by atoms with E-state index in [-0.39, 0.29) is 17.0 Å². The first-order valence-corrected chi connectivity index (χ1v) is 8.86. The van der Waals surface area contributed by atoms with Gasteiger partial charge in [-0.25, -0.2) is 8.42 Å². The predicted molar refractivity (Wildman–Crippen MR) is 81.6 cm³/mol. The van der Waals surface area contributed by atoms with Crippen LogP contribution in [0.1, 0.15) is 30.4 Å². The molecule has 1 saturated heterocycles. The third-order valence-corrected chi connectivity index (χ3v) is 6.74. The third-order valence-electron chi connectivity index (χ3n) is 4.61. The number of ether oxygens (including phenoxy) is 1. The van der Waals surface area contributed by atoms with Crippen LogP contribution in [0.2, 0.25) is 0 Å². The second-order valence-corrected chi connectivity index (χ2v) is 7.79. The number of benzene rings is 1. The Morgan fingerprint density at radius 3 is 2.71 bits per heavy atom. The molecule has 1 aromatic carbocycles. The summed E-state index contributed by atoms with van der Waals surface area (Å²) in [5.74, 6) is 0. The summed E-state index contributed by atoms with van der Waals surface area (Å²) in [5, 5.41) is 0. The maximum absolute atomic E-state index is 13.1. The molecule has 1 aliphatic heterocycles. The molecular weight excluding hydrogens is 288 g/mol. The van der Waals surface area contributed by atoms with E-state index in [4.69, 9.17) is 10.5 Å². The lowest BCUT2D eigenvalue weighted by Gasteiger charge is -2.37. The van der Waals surface area contributed by atoms with Gasteiger partial charge in [0.15, 0.2) is 0 Å². The van der Waals surface area contributed by atoms with Crippen LogP contribution in [0, 0.1) is 13.8 Å². The van der Waals surface area contributed by atoms with Crippen molar-refractivity contribution >= 4 is 15.7 Å². The third kappa shape index (κ3) is 2.35. The number of sulfonamides is 1. The summed E-state index contributed by atoms with van der Waals surface area (Å²) in [7, 11) is -3.57. The number of anilines is 1. The average Bonchev–Trinajstić information content (AvgIpc) is 2.91. The highest BCUT2D eigenvalue weighted by Gasteiger charge is 2.43. The van der Waals surface area contributed by atoms with E-state index in [0.29, 0.717) is 24.4 Å². The number of rotatable bonds is 2. The van der Waals surface area contributed by atoms with Gasteiger partial charge in [0.2, 0.25) is 10.0 Å². The molecule has 2 aliphatic rings. The van der Waals surface area contributed by atoms with Gasteiger partial charge in [0.25, 0.3) is 0 Å². The number of fused-ring (bicyclic) bond motifs is 1. The lowest BCUT2D eigenvalue weighted by atomic mass is 10.1. The number of hydrogen-bond donors (Lipinski definition) is 1. The topological polar surface area (TPSA) is 72.6 Å². The quantitative estimate of drug-likeness (QED) is 0.846. The minimum Gasteiger partial charge on any atom is -0.397 e. The molecule has 0 amide bonds. The molecule has 21 heavy (non-hydrogen) atoms. The van der Waals surface area contributed by atoms with Crippen LogP contribution in [0.3, 0.4) is 0 Å². The zero-order valence-corrected chi connectivity index (χ0v) is 13.3. The van der Waals surface area contributed by atoms with E-state index in [0.717, 1.165) is 24.8 Å². The van der Waals surface area contributed by atoms with Crippen molar-refractivity contribution in [1.29, 1.82) is 0 Å². The molecule has 2 fully saturated rings. The smallest absolute Gasteiger partial charge is 0.245 e. The highest BCUT2D eigenvalue weighted by molar-refractivity contribution is 7.89. The second kappa shape index (κ2) is 5.26. The van der Waals surface area contributed by atoms with E-state index in [2.05, 4.69) is 0 Å². The van der Waals surface area contributed by atoms with Crippen LogP contribution < -0.4 is 5.73 Å². The Kier molecular flexibility index (Phi) is 3.71. The van der Waals surface area contributed by atoms with Crippen LogP contribution in [0.4, 0.5) is 5.69 Å². The second-order valence-electron chi connectivity index (χ2n) is 5.97. The molecule has 1 aliphatic carbocycles. The number of nitrogens with two attached hydrogens (primary N) is 1. The minimum absolute atomic E-state index is 0.0388. The van der Waals surface area contributed by atoms with Gasteiger partial charge in [-0.05, 0) is 44.2 Å². The highest BCUT2D eigenvalue weighted by atomic mass is 32.2. The number of nitrogens with zero attached hydrogens (tertiary/aromatic N) is 1. The van der Waals surface area contributed by atoms with Crippen molar-refractivity contribution in [2.45, 2.75) is 50.2 Å². The zero-order chi connectivity index (χ0) is 15.2. The molecule has 5 nitrogen and oxygen atoms in total. The Hall–Kier alpha value is -1.11. The van der Waals surface area contributed by atoms with Gasteiger partial charge in [-0.3, -0.25) is 0 Å². The largest absolute Gasteiger partial charge is 0.397 e. The summed E-state index contributed by atoms with van der Waals surface area (Å²) in [6, 6.07) is 3.65. The van der Waals surface area contributed by atoms with Crippen LogP contribution in [0.15, 0.2) is 17.0 Å². The Morgan fingerprint density at radius 1 is 1.24 bits per heavy atom. The summed E-state index contributed by atoms with van der Waals surface area (Å²) >= 11 is 0. The van der Waals surface area contributed by atoms with Gasteiger partial charge in [0, 0.05) is 6.54 Å². The molecule has 2 N–H and O–H groups in total. The van der Waals surface area contributed by atoms with Crippen LogP contribution in [-0.2, 0) is 14.8 Å². The normalized spacial score (nSPS) is 26.8. The van der Waals surface area contributed by atoms with Crippen molar-refractivity contribution < 1.29 is 13.2 Å². The Balaban J connectivity index is 2.06. The molecule has 0 aromatic heterocycles. The Labute approximate surface area is 126 Å². The zero-order valence-electron chi connectivity index (χ0n) is 12.5. The van der Waals surface area contributed by atoms with Gasteiger partial charge in [-0.1, -0.05) is 12.1 Å². The fraction of sp³-hybridized carbons (Fsp3) is 0.600. The first kappa shape index (κ1) is 14.8. The highest BCUT2D eigenvalue weighted by Crippen LogP contribution is 2.36. The fourth-order valence-corrected chi connectivity index (χ4v) is 5.52. The number of aryl methyl sites for hydroxylation is 2. The number of nitrogen functional groups attached to an aromatic ring is 1. The fourth-order valence-electron chi connectivity index (χ4n) is 3.46. The summed E-state index contributed by atoms with van der Waals surface area (Å²) in [5.41, 5.74) is 7.96. The van der Waals surface area contributed by atoms with Gasteiger partial charge in [0.05, 0.1) is 24.4 Å². The lowest BCUT2D eigenvalue weighted by molar-refractivity contribution is -0.0241. The molecule has 2 atom stereocenters. The molecule has 3 rings (SSSR count). The van der Waals surface area contributed by atoms with Crippen molar-refractivity contribution in [2.75, 3.05) is 18.9 Å². The van der Waals surface area contributed by atoms with E-state index in [1.165, 1.54) is 0 Å². The average molecular weight is 310 g/mol. The van der Waals surface area contributed by atoms with Crippen LogP contribution in [-0.4, -0.2) is 38.0 Å². The molecule has 1 heterocycles. The number of morpholine rings is 1. The van der Waals surface area contributed by atoms with E-state index < -0.39 is 10.0 Å². The van der Waals surface area contributed by atoms with Gasteiger partial charge >= 0.3 is 0 Å². The summed E-state index contributed by atoms with van der Waals surface area (Å²) < 4.78 is 33.6. The summed E-state index contributed by atoms with van der Waals surface area (Å²) in [4.78, 5) is 0.273. The van der Waals surface area contributed by atoms with E-state index in [1.807, 2.05) is 19.1 Å².